The van der Waals surface area contributed by atoms with Crippen molar-refractivity contribution in [2.75, 3.05) is 0 Å². The number of H-pyrrole nitrogens is 1. The van der Waals surface area contributed by atoms with Gasteiger partial charge in [0.2, 0.25) is 0 Å². The van der Waals surface area contributed by atoms with Gasteiger partial charge in [-0.3, -0.25) is 0 Å². The van der Waals surface area contributed by atoms with E-state index in [0.29, 0.717) is 0 Å². The summed E-state index contributed by atoms with van der Waals surface area (Å²) in [4.78, 5) is 3.12. The molecule has 0 atom stereocenters. The Kier molecular flexibility index (Phi) is 2.23. The normalized spacial score (nSPS) is 10.3. The van der Waals surface area contributed by atoms with Gasteiger partial charge < -0.3 is 4.98 Å². The van der Waals surface area contributed by atoms with Gasteiger partial charge in [0, 0.05) is 23.7 Å². The molecule has 1 radical (unpaired) electrons. The largest absolute Gasteiger partial charge is 0.365 e. The topological polar surface area (TPSA) is 28.7 Å². The molecular weight excluding hydrogens is 168 g/mol. The van der Waals surface area contributed by atoms with Crippen molar-refractivity contribution in [3.63, 3.8) is 0 Å². The van der Waals surface area contributed by atoms with Gasteiger partial charge in [-0.2, -0.15) is 4.37 Å². The number of aromatic nitrogens is 2. The number of nitrogens with zero attached hydrogens (tertiary/aromatic N) is 1. The summed E-state index contributed by atoms with van der Waals surface area (Å²) < 4.78 is 4.21. The maximum atomic E-state index is 4.21. The molecule has 0 spiro atoms. The van der Waals surface area contributed by atoms with E-state index in [0.717, 1.165) is 17.8 Å². The van der Waals surface area contributed by atoms with E-state index >= 15 is 0 Å². The van der Waals surface area contributed by atoms with Crippen molar-refractivity contribution in [1.82, 2.24) is 9.36 Å². The Morgan fingerprint density at radius 3 is 3.17 bits per heavy atom. The third kappa shape index (κ3) is 1.74. The average molecular weight is 177 g/mol. The molecule has 0 unspecified atom stereocenters. The first-order valence-electron chi connectivity index (χ1n) is 3.81. The second-order valence-corrected chi connectivity index (χ2v) is 3.19. The summed E-state index contributed by atoms with van der Waals surface area (Å²) in [5.74, 6) is 0. The first-order chi connectivity index (χ1) is 5.95. The van der Waals surface area contributed by atoms with Crippen molar-refractivity contribution in [3.8, 4) is 0 Å². The Morgan fingerprint density at radius 2 is 2.50 bits per heavy atom. The van der Waals surface area contributed by atoms with Crippen LogP contribution in [0, 0.1) is 6.42 Å². The highest BCUT2D eigenvalue weighted by atomic mass is 32.1. The number of hydrogen-bond donors (Lipinski definition) is 1. The lowest BCUT2D eigenvalue weighted by atomic mass is 10.2. The van der Waals surface area contributed by atoms with Crippen molar-refractivity contribution in [2.24, 2.45) is 0 Å². The van der Waals surface area contributed by atoms with Crippen LogP contribution < -0.4 is 0 Å². The molecule has 2 nitrogen and oxygen atoms in total. The van der Waals surface area contributed by atoms with Gasteiger partial charge in [0.05, 0.1) is 5.69 Å². The highest BCUT2D eigenvalue weighted by molar-refractivity contribution is 7.03. The lowest BCUT2D eigenvalue weighted by Crippen LogP contribution is -1.87. The molecule has 2 heterocycles. The zero-order valence-corrected chi connectivity index (χ0v) is 7.34. The van der Waals surface area contributed by atoms with Gasteiger partial charge >= 0.3 is 0 Å². The van der Waals surface area contributed by atoms with Gasteiger partial charge in [-0.15, -0.1) is 0 Å². The predicted octanol–water partition coefficient (Wildman–Crippen LogP) is 2.27. The van der Waals surface area contributed by atoms with Crippen LogP contribution in [0.1, 0.15) is 11.4 Å². The molecule has 0 aromatic carbocycles. The van der Waals surface area contributed by atoms with Crippen molar-refractivity contribution in [3.05, 3.63) is 47.6 Å². The van der Waals surface area contributed by atoms with E-state index in [1.807, 2.05) is 29.8 Å². The van der Waals surface area contributed by atoms with E-state index in [1.54, 1.807) is 0 Å². The molecule has 2 rings (SSSR count). The molecule has 0 saturated heterocycles. The second kappa shape index (κ2) is 3.54. The predicted molar refractivity (Wildman–Crippen MR) is 50.0 cm³/mol. The minimum absolute atomic E-state index is 0.907. The highest BCUT2D eigenvalue weighted by Gasteiger charge is 1.97. The monoisotopic (exact) mass is 177 g/mol. The fourth-order valence-electron chi connectivity index (χ4n) is 1.03. The van der Waals surface area contributed by atoms with Crippen LogP contribution in [-0.4, -0.2) is 9.36 Å². The van der Waals surface area contributed by atoms with Crippen LogP contribution in [0.25, 0.3) is 0 Å². The third-order valence-corrected chi connectivity index (χ3v) is 2.24. The van der Waals surface area contributed by atoms with Gasteiger partial charge in [0.1, 0.15) is 0 Å². The Bertz CT molecular complexity index is 276. The second-order valence-electron chi connectivity index (χ2n) is 2.52. The van der Waals surface area contributed by atoms with E-state index in [1.165, 1.54) is 11.5 Å². The van der Waals surface area contributed by atoms with Crippen molar-refractivity contribution in [2.45, 2.75) is 6.42 Å². The molecule has 2 aromatic heterocycles. The minimum atomic E-state index is 0.907. The fraction of sp³-hybridized carbons (Fsp3) is 0.111. The average Bonchev–Trinajstić information content (AvgIpc) is 2.74. The summed E-state index contributed by atoms with van der Waals surface area (Å²) in [6.07, 6.45) is 4.96. The van der Waals surface area contributed by atoms with Crippen LogP contribution in [0.2, 0.25) is 0 Å². The van der Waals surface area contributed by atoms with Gasteiger partial charge in [0.25, 0.3) is 0 Å². The zero-order chi connectivity index (χ0) is 8.23. The summed E-state index contributed by atoms with van der Waals surface area (Å²) in [5, 5.41) is 2.00. The van der Waals surface area contributed by atoms with Crippen molar-refractivity contribution < 1.29 is 0 Å². The van der Waals surface area contributed by atoms with Crippen molar-refractivity contribution >= 4 is 11.5 Å². The van der Waals surface area contributed by atoms with Crippen LogP contribution in [0.15, 0.2) is 29.8 Å². The van der Waals surface area contributed by atoms with Crippen LogP contribution >= 0.6 is 11.5 Å². The van der Waals surface area contributed by atoms with Gasteiger partial charge in [0.15, 0.2) is 0 Å². The summed E-state index contributed by atoms with van der Waals surface area (Å²) in [5.41, 5.74) is 2.29. The highest BCUT2D eigenvalue weighted by Crippen LogP contribution is 2.06. The lowest BCUT2D eigenvalue weighted by Gasteiger charge is -1.92. The number of rotatable bonds is 3. The van der Waals surface area contributed by atoms with E-state index in [4.69, 9.17) is 0 Å². The Labute approximate surface area is 75.4 Å². The van der Waals surface area contributed by atoms with E-state index in [-0.39, 0.29) is 0 Å². The van der Waals surface area contributed by atoms with Crippen LogP contribution in [0.5, 0.6) is 0 Å². The Balaban J connectivity index is 1.91. The molecule has 2 aromatic rings. The van der Waals surface area contributed by atoms with Crippen LogP contribution in [0.4, 0.5) is 0 Å². The van der Waals surface area contributed by atoms with E-state index in [2.05, 4.69) is 15.8 Å². The first-order valence-corrected chi connectivity index (χ1v) is 4.64. The number of nitrogens with one attached hydrogen (secondary N) is 1. The molecular formula is C9H9N2S. The SMILES string of the molecule is [CH](Cc1ccsn1)c1ccc[nH]1. The van der Waals surface area contributed by atoms with Crippen LogP contribution in [-0.2, 0) is 6.42 Å². The van der Waals surface area contributed by atoms with Gasteiger partial charge in [-0.25, -0.2) is 0 Å². The Morgan fingerprint density at radius 1 is 1.50 bits per heavy atom. The molecule has 0 aliphatic heterocycles. The molecule has 3 heteroatoms. The molecule has 0 amide bonds. The zero-order valence-electron chi connectivity index (χ0n) is 6.53. The Hall–Kier alpha value is -1.09. The summed E-state index contributed by atoms with van der Waals surface area (Å²) in [7, 11) is 0. The van der Waals surface area contributed by atoms with Gasteiger partial charge in [-0.05, 0) is 36.2 Å². The molecule has 0 saturated carbocycles. The standard InChI is InChI=1S/C9H9N2S/c1-2-8(10-6-1)3-4-9-5-7-12-11-9/h1-3,5-7,10H,4H2. The smallest absolute Gasteiger partial charge is 0.0549 e. The minimum Gasteiger partial charge on any atom is -0.365 e. The summed E-state index contributed by atoms with van der Waals surface area (Å²) >= 11 is 1.50. The van der Waals surface area contributed by atoms with E-state index < -0.39 is 0 Å². The molecule has 0 fully saturated rings. The molecule has 12 heavy (non-hydrogen) atoms. The molecule has 0 aliphatic rings. The molecule has 0 aliphatic carbocycles. The van der Waals surface area contributed by atoms with Crippen molar-refractivity contribution in [1.29, 1.82) is 0 Å². The molecule has 1 N–H and O–H groups in total. The summed E-state index contributed by atoms with van der Waals surface area (Å²) in [6.45, 7) is 0. The fourth-order valence-corrected chi connectivity index (χ4v) is 1.58. The number of hydrogen-bond acceptors (Lipinski definition) is 2. The number of aromatic amines is 1. The van der Waals surface area contributed by atoms with Crippen LogP contribution in [0.3, 0.4) is 0 Å². The third-order valence-electron chi connectivity index (χ3n) is 1.64. The lowest BCUT2D eigenvalue weighted by molar-refractivity contribution is 1.08. The van der Waals surface area contributed by atoms with Gasteiger partial charge in [-0.1, -0.05) is 0 Å². The summed E-state index contributed by atoms with van der Waals surface area (Å²) in [6, 6.07) is 6.09. The van der Waals surface area contributed by atoms with E-state index in [9.17, 15) is 0 Å². The maximum absolute atomic E-state index is 4.21. The molecule has 61 valence electrons. The quantitative estimate of drug-likeness (QED) is 0.765. The first kappa shape index (κ1) is 7.55. The molecule has 0 bridgehead atoms. The maximum Gasteiger partial charge on any atom is 0.0549 e.